The first-order valence-corrected chi connectivity index (χ1v) is 4.58. The molecule has 2 rings (SSSR count). The highest BCUT2D eigenvalue weighted by molar-refractivity contribution is 5.77. The third-order valence-corrected chi connectivity index (χ3v) is 2.30. The number of carbonyl (C=O) groups excluding carboxylic acids is 1. The van der Waals surface area contributed by atoms with Gasteiger partial charge in [0.25, 0.3) is 0 Å². The lowest BCUT2D eigenvalue weighted by Gasteiger charge is -1.96. The Morgan fingerprint density at radius 2 is 2.14 bits per heavy atom. The zero-order valence-corrected chi connectivity index (χ0v) is 7.97. The molecule has 1 aromatic carbocycles. The van der Waals surface area contributed by atoms with Gasteiger partial charge < -0.3 is 9.47 Å². The molecule has 2 unspecified atom stereocenters. The van der Waals surface area contributed by atoms with Crippen LogP contribution in [0.25, 0.3) is 0 Å². The van der Waals surface area contributed by atoms with Crippen LogP contribution in [0.5, 0.6) is 0 Å². The highest BCUT2D eigenvalue weighted by Gasteiger charge is 2.45. The second kappa shape index (κ2) is 3.80. The first-order chi connectivity index (χ1) is 6.81. The largest absolute Gasteiger partial charge is 0.467 e. The average Bonchev–Trinajstić information content (AvgIpc) is 2.98. The Morgan fingerprint density at radius 3 is 2.79 bits per heavy atom. The van der Waals surface area contributed by atoms with E-state index in [2.05, 4.69) is 4.74 Å². The molecule has 0 aromatic heterocycles. The molecular formula is C11H12O3. The predicted octanol–water partition coefficient (Wildman–Crippen LogP) is 1.17. The van der Waals surface area contributed by atoms with E-state index in [1.54, 1.807) is 0 Å². The van der Waals surface area contributed by atoms with Gasteiger partial charge in [0.05, 0.1) is 13.2 Å². The van der Waals surface area contributed by atoms with Crippen molar-refractivity contribution in [2.24, 2.45) is 0 Å². The van der Waals surface area contributed by atoms with Crippen molar-refractivity contribution in [3.63, 3.8) is 0 Å². The Morgan fingerprint density at radius 1 is 1.43 bits per heavy atom. The summed E-state index contributed by atoms with van der Waals surface area (Å²) in [7, 11) is 1.38. The lowest BCUT2D eigenvalue weighted by Crippen LogP contribution is -2.12. The molecule has 1 saturated heterocycles. The topological polar surface area (TPSA) is 38.8 Å². The molecule has 74 valence electrons. The van der Waals surface area contributed by atoms with Gasteiger partial charge in [-0.25, -0.2) is 4.79 Å². The summed E-state index contributed by atoms with van der Waals surface area (Å²) in [6.45, 7) is 0. The second-order valence-electron chi connectivity index (χ2n) is 3.31. The van der Waals surface area contributed by atoms with E-state index in [1.165, 1.54) is 12.7 Å². The van der Waals surface area contributed by atoms with Gasteiger partial charge in [0.15, 0.2) is 6.10 Å². The van der Waals surface area contributed by atoms with Crippen molar-refractivity contribution in [3.05, 3.63) is 35.9 Å². The van der Waals surface area contributed by atoms with Gasteiger partial charge in [-0.05, 0) is 5.56 Å². The summed E-state index contributed by atoms with van der Waals surface area (Å²) in [4.78, 5) is 11.0. The molecule has 1 heterocycles. The molecule has 14 heavy (non-hydrogen) atoms. The van der Waals surface area contributed by atoms with Gasteiger partial charge in [0.2, 0.25) is 0 Å². The Balaban J connectivity index is 1.88. The molecule has 1 fully saturated rings. The molecule has 0 radical (unpaired) electrons. The van der Waals surface area contributed by atoms with Crippen LogP contribution in [0, 0.1) is 0 Å². The molecule has 1 aliphatic heterocycles. The van der Waals surface area contributed by atoms with Gasteiger partial charge >= 0.3 is 5.97 Å². The molecule has 1 aromatic rings. The minimum atomic E-state index is -0.347. The van der Waals surface area contributed by atoms with Gasteiger partial charge in [0, 0.05) is 6.42 Å². The fourth-order valence-electron chi connectivity index (χ4n) is 1.47. The third-order valence-electron chi connectivity index (χ3n) is 2.30. The number of hydrogen-bond donors (Lipinski definition) is 0. The number of epoxide rings is 1. The average molecular weight is 192 g/mol. The van der Waals surface area contributed by atoms with E-state index in [0.29, 0.717) is 0 Å². The molecule has 3 nitrogen and oxygen atoms in total. The van der Waals surface area contributed by atoms with E-state index in [9.17, 15) is 4.79 Å². The van der Waals surface area contributed by atoms with Gasteiger partial charge in [-0.15, -0.1) is 0 Å². The summed E-state index contributed by atoms with van der Waals surface area (Å²) < 4.78 is 9.78. The summed E-state index contributed by atoms with van der Waals surface area (Å²) in [5, 5.41) is 0. The normalized spacial score (nSPS) is 24.4. The molecule has 1 aliphatic rings. The van der Waals surface area contributed by atoms with Gasteiger partial charge in [-0.2, -0.15) is 0 Å². The summed E-state index contributed by atoms with van der Waals surface area (Å²) in [6, 6.07) is 9.97. The molecule has 0 aliphatic carbocycles. The Kier molecular flexibility index (Phi) is 2.50. The summed E-state index contributed by atoms with van der Waals surface area (Å²) in [6.07, 6.45) is 0.436. The molecule has 3 heteroatoms. The van der Waals surface area contributed by atoms with Gasteiger partial charge in [-0.3, -0.25) is 0 Å². The molecule has 0 N–H and O–H groups in total. The highest BCUT2D eigenvalue weighted by Crippen LogP contribution is 2.26. The van der Waals surface area contributed by atoms with Gasteiger partial charge in [-0.1, -0.05) is 30.3 Å². The minimum Gasteiger partial charge on any atom is -0.467 e. The van der Waals surface area contributed by atoms with E-state index in [1.807, 2.05) is 30.3 Å². The lowest BCUT2D eigenvalue weighted by atomic mass is 10.1. The van der Waals surface area contributed by atoms with Crippen LogP contribution in [-0.4, -0.2) is 25.3 Å². The number of benzene rings is 1. The maximum Gasteiger partial charge on any atom is 0.337 e. The highest BCUT2D eigenvalue weighted by atomic mass is 16.6. The molecular weight excluding hydrogens is 180 g/mol. The standard InChI is InChI=1S/C11H12O3/c1-13-11(12)10-9(14-10)7-8-5-3-2-4-6-8/h2-6,9-10H,7H2,1H3. The van der Waals surface area contributed by atoms with Crippen molar-refractivity contribution in [1.29, 1.82) is 0 Å². The van der Waals surface area contributed by atoms with Crippen molar-refractivity contribution in [2.45, 2.75) is 18.6 Å². The van der Waals surface area contributed by atoms with Crippen molar-refractivity contribution in [1.82, 2.24) is 0 Å². The van der Waals surface area contributed by atoms with E-state index in [4.69, 9.17) is 4.74 Å². The Labute approximate surface area is 82.6 Å². The van der Waals surface area contributed by atoms with Crippen molar-refractivity contribution >= 4 is 5.97 Å². The van der Waals surface area contributed by atoms with Crippen LogP contribution in [0.2, 0.25) is 0 Å². The maximum absolute atomic E-state index is 11.0. The fourth-order valence-corrected chi connectivity index (χ4v) is 1.47. The van der Waals surface area contributed by atoms with E-state index < -0.39 is 0 Å². The van der Waals surface area contributed by atoms with Crippen LogP contribution in [0.15, 0.2) is 30.3 Å². The SMILES string of the molecule is COC(=O)C1OC1Cc1ccccc1. The monoisotopic (exact) mass is 192 g/mol. The second-order valence-corrected chi connectivity index (χ2v) is 3.31. The van der Waals surface area contributed by atoms with Crippen LogP contribution in [-0.2, 0) is 20.7 Å². The van der Waals surface area contributed by atoms with Crippen molar-refractivity contribution in [3.8, 4) is 0 Å². The molecule has 2 atom stereocenters. The molecule has 0 spiro atoms. The minimum absolute atomic E-state index is 0.00449. The summed E-state index contributed by atoms with van der Waals surface area (Å²) in [5.74, 6) is -0.272. The van der Waals surface area contributed by atoms with E-state index >= 15 is 0 Å². The smallest absolute Gasteiger partial charge is 0.337 e. The number of methoxy groups -OCH3 is 1. The lowest BCUT2D eigenvalue weighted by molar-refractivity contribution is -0.142. The van der Waals surface area contributed by atoms with E-state index in [0.717, 1.165) is 6.42 Å². The van der Waals surface area contributed by atoms with Crippen LogP contribution < -0.4 is 0 Å². The van der Waals surface area contributed by atoms with Crippen LogP contribution in [0.1, 0.15) is 5.56 Å². The first kappa shape index (κ1) is 9.21. The number of hydrogen-bond acceptors (Lipinski definition) is 3. The fraction of sp³-hybridized carbons (Fsp3) is 0.364. The molecule has 0 amide bonds. The molecule has 0 bridgehead atoms. The zero-order valence-electron chi connectivity index (χ0n) is 7.97. The number of rotatable bonds is 3. The zero-order chi connectivity index (χ0) is 9.97. The molecule has 0 saturated carbocycles. The summed E-state index contributed by atoms with van der Waals surface area (Å²) in [5.41, 5.74) is 1.18. The Hall–Kier alpha value is -1.35. The number of esters is 1. The Bertz CT molecular complexity index is 321. The van der Waals surface area contributed by atoms with Crippen LogP contribution >= 0.6 is 0 Å². The summed E-state index contributed by atoms with van der Waals surface area (Å²) >= 11 is 0. The predicted molar refractivity (Wildman–Crippen MR) is 50.8 cm³/mol. The van der Waals surface area contributed by atoms with Crippen molar-refractivity contribution in [2.75, 3.05) is 7.11 Å². The third kappa shape index (κ3) is 1.93. The van der Waals surface area contributed by atoms with Gasteiger partial charge in [0.1, 0.15) is 0 Å². The van der Waals surface area contributed by atoms with Crippen LogP contribution in [0.4, 0.5) is 0 Å². The number of ether oxygens (including phenoxy) is 2. The maximum atomic E-state index is 11.0. The van der Waals surface area contributed by atoms with E-state index in [-0.39, 0.29) is 18.2 Å². The number of carbonyl (C=O) groups is 1. The van der Waals surface area contributed by atoms with Crippen LogP contribution in [0.3, 0.4) is 0 Å². The quantitative estimate of drug-likeness (QED) is 0.533. The van der Waals surface area contributed by atoms with Crippen molar-refractivity contribution < 1.29 is 14.3 Å². The first-order valence-electron chi connectivity index (χ1n) is 4.58.